The van der Waals surface area contributed by atoms with Crippen LogP contribution in [0.25, 0.3) is 0 Å². The first-order chi connectivity index (χ1) is 8.40. The number of carbonyl (C=O) groups is 2. The molecule has 0 rings (SSSR count). The summed E-state index contributed by atoms with van der Waals surface area (Å²) in [6.45, 7) is 6.72. The molecule has 3 N–H and O–H groups in total. The molecule has 0 aliphatic heterocycles. The number of amides is 1. The molecule has 18 heavy (non-hydrogen) atoms. The van der Waals surface area contributed by atoms with Crippen LogP contribution in [0.2, 0.25) is 0 Å². The van der Waals surface area contributed by atoms with Crippen molar-refractivity contribution >= 4 is 11.9 Å². The van der Waals surface area contributed by atoms with Gasteiger partial charge in [0.25, 0.3) is 0 Å². The summed E-state index contributed by atoms with van der Waals surface area (Å²) in [4.78, 5) is 24.3. The van der Waals surface area contributed by atoms with E-state index >= 15 is 0 Å². The van der Waals surface area contributed by atoms with Crippen molar-refractivity contribution in [3.05, 3.63) is 0 Å². The summed E-state index contributed by atoms with van der Waals surface area (Å²) in [6.07, 6.45) is 3.29. The Morgan fingerprint density at radius 2 is 1.89 bits per heavy atom. The van der Waals surface area contributed by atoms with E-state index in [-0.39, 0.29) is 24.8 Å². The number of hydrogen-bond donors (Lipinski definition) is 2. The van der Waals surface area contributed by atoms with E-state index in [9.17, 15) is 9.59 Å². The number of hydrogen-bond acceptors (Lipinski definition) is 3. The maximum absolute atomic E-state index is 12.1. The van der Waals surface area contributed by atoms with Crippen molar-refractivity contribution in [2.24, 2.45) is 5.73 Å². The molecule has 0 aromatic rings. The smallest absolute Gasteiger partial charge is 0.303 e. The zero-order chi connectivity index (χ0) is 14.1. The third kappa shape index (κ3) is 6.59. The fourth-order valence-electron chi connectivity index (χ4n) is 1.77. The lowest BCUT2D eigenvalue weighted by atomic mass is 10.1. The van der Waals surface area contributed by atoms with Gasteiger partial charge in [0.2, 0.25) is 5.91 Å². The minimum Gasteiger partial charge on any atom is -0.481 e. The first kappa shape index (κ1) is 16.9. The Morgan fingerprint density at radius 1 is 1.28 bits per heavy atom. The second kappa shape index (κ2) is 8.91. The largest absolute Gasteiger partial charge is 0.481 e. The van der Waals surface area contributed by atoms with Crippen LogP contribution >= 0.6 is 0 Å². The zero-order valence-electron chi connectivity index (χ0n) is 11.7. The summed E-state index contributed by atoms with van der Waals surface area (Å²) in [5.74, 6) is -1.05. The number of carbonyl (C=O) groups excluding carboxylic acids is 1. The fourth-order valence-corrected chi connectivity index (χ4v) is 1.77. The molecule has 0 fully saturated rings. The van der Waals surface area contributed by atoms with Crippen LogP contribution in [0.5, 0.6) is 0 Å². The standard InChI is InChI=1S/C13H26N2O3/c1-4-5-6-9-15(10(2)3)13(18)11(14)7-8-12(16)17/h10-11H,4-9,14H2,1-3H3,(H,16,17). The van der Waals surface area contributed by atoms with Crippen molar-refractivity contribution in [1.82, 2.24) is 4.90 Å². The number of carboxylic acids is 1. The molecule has 0 spiro atoms. The molecule has 1 amide bonds. The summed E-state index contributed by atoms with van der Waals surface area (Å²) < 4.78 is 0. The zero-order valence-corrected chi connectivity index (χ0v) is 11.7. The second-order valence-electron chi connectivity index (χ2n) is 4.87. The van der Waals surface area contributed by atoms with Crippen LogP contribution in [0, 0.1) is 0 Å². The quantitative estimate of drug-likeness (QED) is 0.615. The van der Waals surface area contributed by atoms with Crippen LogP contribution in [-0.4, -0.2) is 40.5 Å². The number of carboxylic acid groups (broad SMARTS) is 1. The van der Waals surface area contributed by atoms with Crippen molar-refractivity contribution in [3.63, 3.8) is 0 Å². The van der Waals surface area contributed by atoms with E-state index in [0.29, 0.717) is 6.54 Å². The Labute approximate surface area is 109 Å². The van der Waals surface area contributed by atoms with Crippen molar-refractivity contribution in [3.8, 4) is 0 Å². The molecule has 1 atom stereocenters. The van der Waals surface area contributed by atoms with Crippen LogP contribution in [-0.2, 0) is 9.59 Å². The van der Waals surface area contributed by atoms with Crippen LogP contribution in [0.4, 0.5) is 0 Å². The number of rotatable bonds is 9. The first-order valence-corrected chi connectivity index (χ1v) is 6.68. The number of nitrogens with two attached hydrogens (primary N) is 1. The van der Waals surface area contributed by atoms with Crippen molar-refractivity contribution in [2.45, 2.75) is 65.0 Å². The summed E-state index contributed by atoms with van der Waals surface area (Å²) in [6, 6.07) is -0.602. The van der Waals surface area contributed by atoms with Gasteiger partial charge >= 0.3 is 5.97 Å². The summed E-state index contributed by atoms with van der Waals surface area (Å²) in [7, 11) is 0. The molecule has 0 aliphatic carbocycles. The Balaban J connectivity index is 4.31. The van der Waals surface area contributed by atoms with E-state index in [2.05, 4.69) is 6.92 Å². The molecule has 0 saturated carbocycles. The molecular formula is C13H26N2O3. The Kier molecular flexibility index (Phi) is 8.37. The van der Waals surface area contributed by atoms with Gasteiger partial charge in [-0.05, 0) is 26.7 Å². The normalized spacial score (nSPS) is 12.5. The predicted octanol–water partition coefficient (Wildman–Crippen LogP) is 1.61. The molecule has 0 aliphatic rings. The van der Waals surface area contributed by atoms with E-state index in [0.717, 1.165) is 19.3 Å². The third-order valence-corrected chi connectivity index (χ3v) is 2.90. The molecule has 0 bridgehead atoms. The lowest BCUT2D eigenvalue weighted by molar-refractivity contribution is -0.138. The minimum absolute atomic E-state index is 0.0617. The lowest BCUT2D eigenvalue weighted by Crippen LogP contribution is -2.47. The maximum Gasteiger partial charge on any atom is 0.303 e. The molecule has 0 radical (unpaired) electrons. The highest BCUT2D eigenvalue weighted by molar-refractivity contribution is 5.82. The third-order valence-electron chi connectivity index (χ3n) is 2.90. The molecule has 106 valence electrons. The average molecular weight is 258 g/mol. The van der Waals surface area contributed by atoms with Gasteiger partial charge in [-0.3, -0.25) is 9.59 Å². The number of unbranched alkanes of at least 4 members (excludes halogenated alkanes) is 2. The van der Waals surface area contributed by atoms with Gasteiger partial charge < -0.3 is 15.7 Å². The van der Waals surface area contributed by atoms with E-state index in [1.165, 1.54) is 0 Å². The summed E-state index contributed by atoms with van der Waals surface area (Å²) >= 11 is 0. The molecule has 5 heteroatoms. The van der Waals surface area contributed by atoms with E-state index < -0.39 is 12.0 Å². The lowest BCUT2D eigenvalue weighted by Gasteiger charge is -2.29. The van der Waals surface area contributed by atoms with Crippen LogP contribution in [0.3, 0.4) is 0 Å². The Hall–Kier alpha value is -1.10. The first-order valence-electron chi connectivity index (χ1n) is 6.68. The van der Waals surface area contributed by atoms with Gasteiger partial charge in [0.15, 0.2) is 0 Å². The highest BCUT2D eigenvalue weighted by Crippen LogP contribution is 2.08. The second-order valence-corrected chi connectivity index (χ2v) is 4.87. The SMILES string of the molecule is CCCCCN(C(=O)C(N)CCC(=O)O)C(C)C. The van der Waals surface area contributed by atoms with Gasteiger partial charge in [-0.15, -0.1) is 0 Å². The van der Waals surface area contributed by atoms with Gasteiger partial charge in [0, 0.05) is 19.0 Å². The molecule has 0 aromatic heterocycles. The van der Waals surface area contributed by atoms with Crippen molar-refractivity contribution < 1.29 is 14.7 Å². The monoisotopic (exact) mass is 258 g/mol. The average Bonchev–Trinajstić information content (AvgIpc) is 2.30. The molecular weight excluding hydrogens is 232 g/mol. The minimum atomic E-state index is -0.916. The van der Waals surface area contributed by atoms with Gasteiger partial charge in [0.1, 0.15) is 0 Å². The summed E-state index contributed by atoms with van der Waals surface area (Å²) in [5.41, 5.74) is 5.75. The highest BCUT2D eigenvalue weighted by Gasteiger charge is 2.23. The summed E-state index contributed by atoms with van der Waals surface area (Å²) in [5, 5.41) is 8.58. The highest BCUT2D eigenvalue weighted by atomic mass is 16.4. The fraction of sp³-hybridized carbons (Fsp3) is 0.846. The van der Waals surface area contributed by atoms with Crippen LogP contribution in [0.1, 0.15) is 52.9 Å². The van der Waals surface area contributed by atoms with E-state index in [4.69, 9.17) is 10.8 Å². The Bertz CT molecular complexity index is 267. The topological polar surface area (TPSA) is 83.6 Å². The molecule has 0 saturated heterocycles. The molecule has 5 nitrogen and oxygen atoms in total. The van der Waals surface area contributed by atoms with Crippen LogP contribution < -0.4 is 5.73 Å². The van der Waals surface area contributed by atoms with E-state index in [1.54, 1.807) is 4.90 Å². The van der Waals surface area contributed by atoms with Gasteiger partial charge in [0.05, 0.1) is 6.04 Å². The molecule has 1 unspecified atom stereocenters. The molecule has 0 aromatic carbocycles. The van der Waals surface area contributed by atoms with Gasteiger partial charge in [-0.25, -0.2) is 0 Å². The Morgan fingerprint density at radius 3 is 2.33 bits per heavy atom. The predicted molar refractivity (Wildman–Crippen MR) is 71.2 cm³/mol. The van der Waals surface area contributed by atoms with Gasteiger partial charge in [-0.2, -0.15) is 0 Å². The van der Waals surface area contributed by atoms with Gasteiger partial charge in [-0.1, -0.05) is 19.8 Å². The number of nitrogens with zero attached hydrogens (tertiary/aromatic N) is 1. The number of aliphatic carboxylic acids is 1. The molecule has 0 heterocycles. The van der Waals surface area contributed by atoms with Crippen molar-refractivity contribution in [2.75, 3.05) is 6.54 Å². The van der Waals surface area contributed by atoms with Crippen molar-refractivity contribution in [1.29, 1.82) is 0 Å². The van der Waals surface area contributed by atoms with Crippen LogP contribution in [0.15, 0.2) is 0 Å². The van der Waals surface area contributed by atoms with E-state index in [1.807, 2.05) is 13.8 Å². The maximum atomic E-state index is 12.1.